The zero-order valence-corrected chi connectivity index (χ0v) is 14.2. The standard InChI is InChI=1S/C19H18N2O2S/c1-3-15-7-5-9-17(11-15)21-19(23)13-24-12-18(22)20-16-8-4-6-14(2)10-16/h1,4-11H,12-13H2,2H3,(H,20,22)(H,21,23). The van der Waals surface area contributed by atoms with Crippen LogP contribution in [0.4, 0.5) is 11.4 Å². The molecule has 0 atom stereocenters. The first kappa shape index (κ1) is 17.6. The third-order valence-corrected chi connectivity index (χ3v) is 4.01. The third kappa shape index (κ3) is 5.82. The van der Waals surface area contributed by atoms with Crippen molar-refractivity contribution < 1.29 is 9.59 Å². The minimum Gasteiger partial charge on any atom is -0.325 e. The van der Waals surface area contributed by atoms with Gasteiger partial charge in [0.1, 0.15) is 0 Å². The molecule has 2 amide bonds. The summed E-state index contributed by atoms with van der Waals surface area (Å²) >= 11 is 1.26. The van der Waals surface area contributed by atoms with E-state index in [1.165, 1.54) is 11.8 Å². The summed E-state index contributed by atoms with van der Waals surface area (Å²) in [5.41, 5.74) is 3.20. The minimum absolute atomic E-state index is 0.132. The van der Waals surface area contributed by atoms with Crippen molar-refractivity contribution in [2.75, 3.05) is 22.1 Å². The van der Waals surface area contributed by atoms with E-state index in [0.717, 1.165) is 11.3 Å². The Bertz CT molecular complexity index is 781. The van der Waals surface area contributed by atoms with Gasteiger partial charge >= 0.3 is 0 Å². The van der Waals surface area contributed by atoms with Gasteiger partial charge < -0.3 is 10.6 Å². The molecule has 0 spiro atoms. The molecular formula is C19H18N2O2S. The number of benzene rings is 2. The Kier molecular flexibility index (Phi) is 6.47. The maximum atomic E-state index is 11.9. The van der Waals surface area contributed by atoms with Crippen LogP contribution in [0.2, 0.25) is 0 Å². The van der Waals surface area contributed by atoms with Crippen molar-refractivity contribution in [2.24, 2.45) is 0 Å². The molecule has 4 nitrogen and oxygen atoms in total. The molecule has 122 valence electrons. The van der Waals surface area contributed by atoms with E-state index >= 15 is 0 Å². The van der Waals surface area contributed by atoms with Crippen LogP contribution in [-0.4, -0.2) is 23.3 Å². The highest BCUT2D eigenvalue weighted by Crippen LogP contribution is 2.12. The molecule has 0 aliphatic carbocycles. The van der Waals surface area contributed by atoms with Crippen LogP contribution in [0.1, 0.15) is 11.1 Å². The zero-order chi connectivity index (χ0) is 17.4. The highest BCUT2D eigenvalue weighted by molar-refractivity contribution is 8.00. The molecule has 2 aromatic carbocycles. The lowest BCUT2D eigenvalue weighted by Gasteiger charge is -2.07. The molecule has 0 aliphatic heterocycles. The average Bonchev–Trinajstić information content (AvgIpc) is 2.55. The molecule has 0 unspecified atom stereocenters. The summed E-state index contributed by atoms with van der Waals surface area (Å²) in [5, 5.41) is 5.57. The summed E-state index contributed by atoms with van der Waals surface area (Å²) in [5.74, 6) is 2.63. The van der Waals surface area contributed by atoms with E-state index in [4.69, 9.17) is 6.42 Å². The fraction of sp³-hybridized carbons (Fsp3) is 0.158. The van der Waals surface area contributed by atoms with E-state index < -0.39 is 0 Å². The maximum Gasteiger partial charge on any atom is 0.234 e. The molecule has 0 radical (unpaired) electrons. The Morgan fingerprint density at radius 3 is 2.17 bits per heavy atom. The van der Waals surface area contributed by atoms with Crippen LogP contribution in [0.5, 0.6) is 0 Å². The molecule has 0 saturated heterocycles. The lowest BCUT2D eigenvalue weighted by atomic mass is 10.2. The van der Waals surface area contributed by atoms with Crippen LogP contribution >= 0.6 is 11.8 Å². The van der Waals surface area contributed by atoms with Crippen LogP contribution in [-0.2, 0) is 9.59 Å². The predicted octanol–water partition coefficient (Wildman–Crippen LogP) is 3.29. The van der Waals surface area contributed by atoms with E-state index in [-0.39, 0.29) is 23.3 Å². The minimum atomic E-state index is -0.169. The quantitative estimate of drug-likeness (QED) is 0.795. The van der Waals surface area contributed by atoms with Crippen molar-refractivity contribution in [3.8, 4) is 12.3 Å². The molecule has 0 fully saturated rings. The number of nitrogens with one attached hydrogen (secondary N) is 2. The zero-order valence-electron chi connectivity index (χ0n) is 13.3. The average molecular weight is 338 g/mol. The van der Waals surface area contributed by atoms with Crippen LogP contribution < -0.4 is 10.6 Å². The van der Waals surface area contributed by atoms with Crippen molar-refractivity contribution in [3.05, 3.63) is 59.7 Å². The normalized spacial score (nSPS) is 9.83. The number of carbonyl (C=O) groups excluding carboxylic acids is 2. The lowest BCUT2D eigenvalue weighted by molar-refractivity contribution is -0.114. The maximum absolute atomic E-state index is 11.9. The Balaban J connectivity index is 1.74. The largest absolute Gasteiger partial charge is 0.325 e. The second kappa shape index (κ2) is 8.80. The summed E-state index contributed by atoms with van der Waals surface area (Å²) in [7, 11) is 0. The Labute approximate surface area is 146 Å². The predicted molar refractivity (Wildman–Crippen MR) is 100 cm³/mol. The van der Waals surface area contributed by atoms with Gasteiger partial charge in [0.2, 0.25) is 11.8 Å². The Hall–Kier alpha value is -2.71. The van der Waals surface area contributed by atoms with Crippen molar-refractivity contribution >= 4 is 35.0 Å². The number of hydrogen-bond acceptors (Lipinski definition) is 3. The Morgan fingerprint density at radius 2 is 1.58 bits per heavy atom. The van der Waals surface area contributed by atoms with Gasteiger partial charge in [-0.05, 0) is 42.8 Å². The van der Waals surface area contributed by atoms with Gasteiger partial charge in [0.15, 0.2) is 0 Å². The fourth-order valence-electron chi connectivity index (χ4n) is 2.04. The molecule has 2 rings (SSSR count). The molecular weight excluding hydrogens is 320 g/mol. The highest BCUT2D eigenvalue weighted by atomic mass is 32.2. The van der Waals surface area contributed by atoms with Gasteiger partial charge in [-0.3, -0.25) is 9.59 Å². The number of thioether (sulfide) groups is 1. The van der Waals surface area contributed by atoms with Gasteiger partial charge in [0, 0.05) is 16.9 Å². The fourth-order valence-corrected chi connectivity index (χ4v) is 2.66. The van der Waals surface area contributed by atoms with E-state index in [0.29, 0.717) is 11.3 Å². The molecule has 2 N–H and O–H groups in total. The molecule has 5 heteroatoms. The lowest BCUT2D eigenvalue weighted by Crippen LogP contribution is -2.18. The van der Waals surface area contributed by atoms with E-state index in [1.807, 2.05) is 31.2 Å². The molecule has 0 aliphatic rings. The first-order valence-corrected chi connectivity index (χ1v) is 8.53. The van der Waals surface area contributed by atoms with Gasteiger partial charge in [-0.25, -0.2) is 0 Å². The van der Waals surface area contributed by atoms with E-state index in [1.54, 1.807) is 24.3 Å². The first-order valence-electron chi connectivity index (χ1n) is 7.37. The molecule has 24 heavy (non-hydrogen) atoms. The van der Waals surface area contributed by atoms with Gasteiger partial charge in [-0.1, -0.05) is 24.1 Å². The smallest absolute Gasteiger partial charge is 0.234 e. The second-order valence-corrected chi connectivity index (χ2v) is 6.17. The number of hydrogen-bond donors (Lipinski definition) is 2. The van der Waals surface area contributed by atoms with Crippen molar-refractivity contribution in [2.45, 2.75) is 6.92 Å². The van der Waals surface area contributed by atoms with Gasteiger partial charge in [-0.2, -0.15) is 0 Å². The monoisotopic (exact) mass is 338 g/mol. The van der Waals surface area contributed by atoms with Crippen molar-refractivity contribution in [1.29, 1.82) is 0 Å². The van der Waals surface area contributed by atoms with Crippen LogP contribution in [0.25, 0.3) is 0 Å². The van der Waals surface area contributed by atoms with Crippen LogP contribution in [0, 0.1) is 19.3 Å². The summed E-state index contributed by atoms with van der Waals surface area (Å²) in [6.45, 7) is 1.96. The SMILES string of the molecule is C#Cc1cccc(NC(=O)CSCC(=O)Nc2cccc(C)c2)c1. The van der Waals surface area contributed by atoms with Crippen molar-refractivity contribution in [1.82, 2.24) is 0 Å². The van der Waals surface area contributed by atoms with Gasteiger partial charge in [0.05, 0.1) is 11.5 Å². The summed E-state index contributed by atoms with van der Waals surface area (Å²) < 4.78 is 0. The number of rotatable bonds is 6. The highest BCUT2D eigenvalue weighted by Gasteiger charge is 2.07. The number of amides is 2. The number of terminal acetylenes is 1. The topological polar surface area (TPSA) is 58.2 Å². The second-order valence-electron chi connectivity index (χ2n) is 5.18. The molecule has 0 saturated carbocycles. The van der Waals surface area contributed by atoms with Crippen LogP contribution in [0.15, 0.2) is 48.5 Å². The summed E-state index contributed by atoms with van der Waals surface area (Å²) in [4.78, 5) is 23.7. The number of aryl methyl sites for hydroxylation is 1. The molecule has 0 heterocycles. The molecule has 2 aromatic rings. The third-order valence-electron chi connectivity index (χ3n) is 3.08. The summed E-state index contributed by atoms with van der Waals surface area (Å²) in [6.07, 6.45) is 5.32. The number of carbonyl (C=O) groups is 2. The van der Waals surface area contributed by atoms with E-state index in [2.05, 4.69) is 16.6 Å². The van der Waals surface area contributed by atoms with Crippen LogP contribution in [0.3, 0.4) is 0 Å². The molecule has 0 bridgehead atoms. The number of anilines is 2. The van der Waals surface area contributed by atoms with E-state index in [9.17, 15) is 9.59 Å². The molecule has 0 aromatic heterocycles. The Morgan fingerprint density at radius 1 is 1.00 bits per heavy atom. The summed E-state index contributed by atoms with van der Waals surface area (Å²) in [6, 6.07) is 14.7. The van der Waals surface area contributed by atoms with Gasteiger partial charge in [-0.15, -0.1) is 18.2 Å². The van der Waals surface area contributed by atoms with Gasteiger partial charge in [0.25, 0.3) is 0 Å². The first-order chi connectivity index (χ1) is 11.6. The van der Waals surface area contributed by atoms with Crippen molar-refractivity contribution in [3.63, 3.8) is 0 Å².